The van der Waals surface area contributed by atoms with E-state index in [9.17, 15) is 8.42 Å². The van der Waals surface area contributed by atoms with Gasteiger partial charge in [-0.2, -0.15) is 4.98 Å². The highest BCUT2D eigenvalue weighted by atomic mass is 32.2. The lowest BCUT2D eigenvalue weighted by molar-refractivity contribution is 0.589. The van der Waals surface area contributed by atoms with Crippen LogP contribution in [0.1, 0.15) is 11.8 Å². The Labute approximate surface area is 128 Å². The Kier molecular flexibility index (Phi) is 4.96. The van der Waals surface area contributed by atoms with Crippen LogP contribution in [0.25, 0.3) is 10.2 Å². The fraction of sp³-hybridized carbons (Fsp3) is 0.500. The van der Waals surface area contributed by atoms with Crippen molar-refractivity contribution in [1.29, 1.82) is 0 Å². The molecule has 0 aliphatic rings. The lowest BCUT2D eigenvalue weighted by Crippen LogP contribution is -2.27. The van der Waals surface area contributed by atoms with E-state index in [0.29, 0.717) is 19.0 Å². The molecular formula is C12H19N5O2S2. The molecule has 0 aromatic carbocycles. The number of sulfonamides is 1. The van der Waals surface area contributed by atoms with E-state index in [1.54, 1.807) is 11.3 Å². The van der Waals surface area contributed by atoms with E-state index in [4.69, 9.17) is 0 Å². The van der Waals surface area contributed by atoms with Crippen molar-refractivity contribution in [3.05, 3.63) is 10.9 Å². The van der Waals surface area contributed by atoms with E-state index in [2.05, 4.69) is 25.3 Å². The van der Waals surface area contributed by atoms with Gasteiger partial charge in [0, 0.05) is 24.5 Å². The van der Waals surface area contributed by atoms with Crippen LogP contribution in [0.4, 0.5) is 11.8 Å². The van der Waals surface area contributed by atoms with Crippen molar-refractivity contribution in [3.63, 3.8) is 0 Å². The second-order valence-electron chi connectivity index (χ2n) is 4.60. The molecule has 0 bridgehead atoms. The summed E-state index contributed by atoms with van der Waals surface area (Å²) >= 11 is 1.61. The number of nitrogens with zero attached hydrogens (tertiary/aromatic N) is 2. The minimum absolute atomic E-state index is 0.310. The van der Waals surface area contributed by atoms with Gasteiger partial charge >= 0.3 is 0 Å². The summed E-state index contributed by atoms with van der Waals surface area (Å²) in [5.74, 6) is 1.29. The Morgan fingerprint density at radius 1 is 1.24 bits per heavy atom. The first kappa shape index (κ1) is 15.9. The Bertz CT molecular complexity index is 727. The van der Waals surface area contributed by atoms with E-state index in [1.807, 2.05) is 19.9 Å². The zero-order valence-corrected chi connectivity index (χ0v) is 13.9. The number of thiophene rings is 1. The first-order valence-corrected chi connectivity index (χ1v) is 9.30. The molecule has 0 unspecified atom stereocenters. The number of hydrogen-bond acceptors (Lipinski definition) is 7. The summed E-state index contributed by atoms with van der Waals surface area (Å²) in [4.78, 5) is 11.0. The highest BCUT2D eigenvalue weighted by Gasteiger charge is 2.10. The number of anilines is 2. The molecule has 0 saturated heterocycles. The quantitative estimate of drug-likeness (QED) is 0.664. The molecule has 0 saturated carbocycles. The van der Waals surface area contributed by atoms with Crippen molar-refractivity contribution < 1.29 is 8.42 Å². The molecule has 0 amide bonds. The van der Waals surface area contributed by atoms with Crippen LogP contribution in [-0.4, -0.2) is 44.3 Å². The normalized spacial score (nSPS) is 11.8. The topological polar surface area (TPSA) is 96.0 Å². The molecule has 0 atom stereocenters. The largest absolute Gasteiger partial charge is 0.368 e. The molecule has 0 aliphatic carbocycles. The number of aryl methyl sites for hydroxylation is 1. The van der Waals surface area contributed by atoms with Crippen molar-refractivity contribution in [3.8, 4) is 0 Å². The van der Waals surface area contributed by atoms with Crippen LogP contribution in [0, 0.1) is 6.92 Å². The summed E-state index contributed by atoms with van der Waals surface area (Å²) in [5.41, 5.74) is 0. The molecule has 2 aromatic heterocycles. The van der Waals surface area contributed by atoms with Gasteiger partial charge in [0.05, 0.1) is 11.6 Å². The van der Waals surface area contributed by atoms with Gasteiger partial charge in [0.25, 0.3) is 0 Å². The Morgan fingerprint density at radius 3 is 2.67 bits per heavy atom. The van der Waals surface area contributed by atoms with Crippen molar-refractivity contribution in [2.24, 2.45) is 0 Å². The van der Waals surface area contributed by atoms with Crippen LogP contribution in [0.5, 0.6) is 0 Å². The van der Waals surface area contributed by atoms with E-state index in [-0.39, 0.29) is 0 Å². The molecule has 116 valence electrons. The highest BCUT2D eigenvalue weighted by molar-refractivity contribution is 7.88. The first-order valence-electron chi connectivity index (χ1n) is 6.59. The SMILES string of the molecule is CCNc1nc(NCCNS(C)(=O)=O)c2cc(C)sc2n1. The summed E-state index contributed by atoms with van der Waals surface area (Å²) in [6.45, 7) is 5.51. The van der Waals surface area contributed by atoms with Crippen LogP contribution < -0.4 is 15.4 Å². The zero-order valence-electron chi connectivity index (χ0n) is 12.2. The molecule has 2 rings (SSSR count). The summed E-state index contributed by atoms with van der Waals surface area (Å²) in [7, 11) is -3.17. The molecule has 7 nitrogen and oxygen atoms in total. The maximum Gasteiger partial charge on any atom is 0.226 e. The molecule has 0 aliphatic heterocycles. The number of rotatable bonds is 7. The van der Waals surface area contributed by atoms with E-state index < -0.39 is 10.0 Å². The van der Waals surface area contributed by atoms with Crippen LogP contribution in [0.2, 0.25) is 0 Å². The van der Waals surface area contributed by atoms with E-state index in [0.717, 1.165) is 33.7 Å². The Morgan fingerprint density at radius 2 is 2.00 bits per heavy atom. The Hall–Kier alpha value is -1.45. The van der Waals surface area contributed by atoms with Gasteiger partial charge in [-0.15, -0.1) is 11.3 Å². The van der Waals surface area contributed by atoms with Gasteiger partial charge in [-0.05, 0) is 19.9 Å². The fourth-order valence-corrected chi connectivity index (χ4v) is 3.18. The van der Waals surface area contributed by atoms with Crippen molar-refractivity contribution in [2.75, 3.05) is 36.5 Å². The predicted molar refractivity (Wildman–Crippen MR) is 87.7 cm³/mol. The average Bonchev–Trinajstić information content (AvgIpc) is 2.74. The second-order valence-corrected chi connectivity index (χ2v) is 7.66. The number of fused-ring (bicyclic) bond motifs is 1. The van der Waals surface area contributed by atoms with Crippen molar-refractivity contribution in [1.82, 2.24) is 14.7 Å². The molecule has 0 spiro atoms. The number of hydrogen-bond donors (Lipinski definition) is 3. The van der Waals surface area contributed by atoms with Crippen molar-refractivity contribution in [2.45, 2.75) is 13.8 Å². The van der Waals surface area contributed by atoms with Gasteiger partial charge in [0.15, 0.2) is 0 Å². The van der Waals surface area contributed by atoms with E-state index >= 15 is 0 Å². The smallest absolute Gasteiger partial charge is 0.226 e. The molecular weight excluding hydrogens is 310 g/mol. The molecule has 2 heterocycles. The predicted octanol–water partition coefficient (Wildman–Crippen LogP) is 1.39. The number of aromatic nitrogens is 2. The Balaban J connectivity index is 2.16. The molecule has 0 fully saturated rings. The highest BCUT2D eigenvalue weighted by Crippen LogP contribution is 2.29. The van der Waals surface area contributed by atoms with Crippen molar-refractivity contribution >= 4 is 43.3 Å². The van der Waals surface area contributed by atoms with Gasteiger partial charge in [-0.25, -0.2) is 18.1 Å². The maximum atomic E-state index is 11.0. The first-order chi connectivity index (χ1) is 9.89. The average molecular weight is 329 g/mol. The molecule has 0 radical (unpaired) electrons. The monoisotopic (exact) mass is 329 g/mol. The molecule has 9 heteroatoms. The zero-order chi connectivity index (χ0) is 15.5. The summed E-state index contributed by atoms with van der Waals surface area (Å²) in [5, 5.41) is 7.21. The van der Waals surface area contributed by atoms with Gasteiger partial charge in [-0.1, -0.05) is 0 Å². The standard InChI is InChI=1S/C12H19N5O2S2/c1-4-13-12-16-10(14-5-6-15-21(3,18)19)9-7-8(2)20-11(9)17-12/h7,15H,4-6H2,1-3H3,(H2,13,14,16,17). The number of nitrogens with one attached hydrogen (secondary N) is 3. The van der Waals surface area contributed by atoms with Crippen LogP contribution in [0.3, 0.4) is 0 Å². The van der Waals surface area contributed by atoms with Crippen LogP contribution in [0.15, 0.2) is 6.07 Å². The minimum Gasteiger partial charge on any atom is -0.368 e. The molecule has 3 N–H and O–H groups in total. The lowest BCUT2D eigenvalue weighted by atomic mass is 10.3. The maximum absolute atomic E-state index is 11.0. The molecule has 2 aromatic rings. The fourth-order valence-electron chi connectivity index (χ4n) is 1.83. The van der Waals surface area contributed by atoms with Crippen LogP contribution >= 0.6 is 11.3 Å². The minimum atomic E-state index is -3.17. The van der Waals surface area contributed by atoms with Gasteiger partial charge < -0.3 is 10.6 Å². The van der Waals surface area contributed by atoms with Gasteiger partial charge in [-0.3, -0.25) is 0 Å². The third-order valence-electron chi connectivity index (χ3n) is 2.63. The van der Waals surface area contributed by atoms with Gasteiger partial charge in [0.2, 0.25) is 16.0 Å². The van der Waals surface area contributed by atoms with Gasteiger partial charge in [0.1, 0.15) is 10.6 Å². The third-order valence-corrected chi connectivity index (χ3v) is 4.31. The van der Waals surface area contributed by atoms with E-state index in [1.165, 1.54) is 0 Å². The van der Waals surface area contributed by atoms with Crippen LogP contribution in [-0.2, 0) is 10.0 Å². The summed E-state index contributed by atoms with van der Waals surface area (Å²) in [6, 6.07) is 2.03. The lowest BCUT2D eigenvalue weighted by Gasteiger charge is -2.09. The second kappa shape index (κ2) is 6.54. The summed E-state index contributed by atoms with van der Waals surface area (Å²) in [6.07, 6.45) is 1.14. The third kappa shape index (κ3) is 4.51. The summed E-state index contributed by atoms with van der Waals surface area (Å²) < 4.78 is 24.5. The molecule has 21 heavy (non-hydrogen) atoms.